The molecule has 2 fully saturated rings. The fraction of sp³-hybridized carbons (Fsp3) is 0.538. The molecule has 0 bridgehead atoms. The molecule has 2 unspecified atom stereocenters. The zero-order valence-corrected chi connectivity index (χ0v) is 13.8. The third-order valence-electron chi connectivity index (χ3n) is 4.36. The Bertz CT molecular complexity index is 715. The van der Waals surface area contributed by atoms with Gasteiger partial charge in [-0.1, -0.05) is 6.07 Å². The zero-order chi connectivity index (χ0) is 15.9. The van der Waals surface area contributed by atoms with Crippen LogP contribution < -0.4 is 5.32 Å². The van der Waals surface area contributed by atoms with Crippen molar-refractivity contribution in [1.82, 2.24) is 9.62 Å². The van der Waals surface area contributed by atoms with E-state index >= 15 is 0 Å². The minimum absolute atomic E-state index is 0. The highest BCUT2D eigenvalue weighted by molar-refractivity contribution is 7.89. The first-order chi connectivity index (χ1) is 10.4. The Kier molecular flexibility index (Phi) is 5.24. The van der Waals surface area contributed by atoms with Crippen LogP contribution in [-0.4, -0.2) is 43.3 Å². The van der Waals surface area contributed by atoms with Crippen LogP contribution >= 0.6 is 12.4 Å². The number of nitrogens with zero attached hydrogens (tertiary/aromatic N) is 2. The molecule has 2 atom stereocenters. The smallest absolute Gasteiger partial charge is 0.292 e. The predicted molar refractivity (Wildman–Crippen MR) is 83.6 cm³/mol. The number of sulfonamides is 1. The van der Waals surface area contributed by atoms with Crippen LogP contribution in [0.25, 0.3) is 0 Å². The number of rotatable bonds is 3. The maximum Gasteiger partial charge on any atom is 0.292 e. The third-order valence-corrected chi connectivity index (χ3v) is 6.29. The van der Waals surface area contributed by atoms with Crippen LogP contribution in [0.4, 0.5) is 10.1 Å². The number of benzene rings is 1. The summed E-state index contributed by atoms with van der Waals surface area (Å²) in [4.78, 5) is 9.34. The zero-order valence-electron chi connectivity index (χ0n) is 12.1. The van der Waals surface area contributed by atoms with Crippen molar-refractivity contribution >= 4 is 28.1 Å². The van der Waals surface area contributed by atoms with Crippen molar-refractivity contribution in [3.05, 3.63) is 34.1 Å². The highest BCUT2D eigenvalue weighted by atomic mass is 35.5. The molecule has 0 saturated carbocycles. The maximum atomic E-state index is 14.0. The molecule has 2 saturated heterocycles. The van der Waals surface area contributed by atoms with E-state index in [9.17, 15) is 22.9 Å². The van der Waals surface area contributed by atoms with Gasteiger partial charge >= 0.3 is 0 Å². The highest BCUT2D eigenvalue weighted by Gasteiger charge is 2.41. The van der Waals surface area contributed by atoms with Gasteiger partial charge in [0.2, 0.25) is 0 Å². The number of halogens is 2. The van der Waals surface area contributed by atoms with Gasteiger partial charge in [0.1, 0.15) is 5.82 Å². The lowest BCUT2D eigenvalue weighted by molar-refractivity contribution is -0.388. The molecular weight excluding hydrogens is 349 g/mol. The molecule has 3 rings (SSSR count). The van der Waals surface area contributed by atoms with Gasteiger partial charge in [-0.15, -0.1) is 12.4 Å². The van der Waals surface area contributed by atoms with Gasteiger partial charge in [-0.3, -0.25) is 10.1 Å². The van der Waals surface area contributed by atoms with Crippen LogP contribution in [0, 0.1) is 21.8 Å². The van der Waals surface area contributed by atoms with E-state index in [2.05, 4.69) is 5.32 Å². The first kappa shape index (κ1) is 18.1. The van der Waals surface area contributed by atoms with Crippen molar-refractivity contribution in [1.29, 1.82) is 0 Å². The number of piperidine rings is 1. The largest absolute Gasteiger partial charge is 0.314 e. The van der Waals surface area contributed by atoms with Crippen LogP contribution in [0.5, 0.6) is 0 Å². The van der Waals surface area contributed by atoms with Crippen molar-refractivity contribution in [3.63, 3.8) is 0 Å². The van der Waals surface area contributed by atoms with Crippen molar-refractivity contribution in [2.45, 2.75) is 23.8 Å². The normalized spacial score (nSPS) is 24.7. The van der Waals surface area contributed by atoms with Crippen LogP contribution in [-0.2, 0) is 10.0 Å². The minimum atomic E-state index is -4.22. The van der Waals surface area contributed by atoms with Crippen molar-refractivity contribution in [2.24, 2.45) is 5.92 Å². The van der Waals surface area contributed by atoms with E-state index in [0.717, 1.165) is 31.2 Å². The standard InChI is InChI=1S/C13H16FN3O4S.ClH/c14-10-2-1-3-12(17(18)19)13(10)22(20,21)16-7-5-11-9(8-16)4-6-15-11;/h1-3,9,11,15H,4-8H2;1H. The second-order valence-corrected chi connectivity index (χ2v) is 7.48. The first-order valence-electron chi connectivity index (χ1n) is 7.07. The Hall–Kier alpha value is -1.29. The quantitative estimate of drug-likeness (QED) is 0.647. The lowest BCUT2D eigenvalue weighted by Gasteiger charge is -2.33. The molecule has 0 spiro atoms. The molecule has 1 N–H and O–H groups in total. The van der Waals surface area contributed by atoms with Gasteiger partial charge in [-0.25, -0.2) is 12.8 Å². The van der Waals surface area contributed by atoms with E-state index in [0.29, 0.717) is 6.42 Å². The molecule has 1 aromatic carbocycles. The Morgan fingerprint density at radius 2 is 2.09 bits per heavy atom. The Morgan fingerprint density at radius 1 is 1.35 bits per heavy atom. The second kappa shape index (κ2) is 6.68. The van der Waals surface area contributed by atoms with Gasteiger partial charge in [0.15, 0.2) is 4.90 Å². The van der Waals surface area contributed by atoms with Gasteiger partial charge < -0.3 is 5.32 Å². The molecule has 2 aliphatic rings. The summed E-state index contributed by atoms with van der Waals surface area (Å²) < 4.78 is 40.5. The molecule has 7 nitrogen and oxygen atoms in total. The van der Waals surface area contributed by atoms with Crippen LogP contribution in [0.3, 0.4) is 0 Å². The molecule has 2 aliphatic heterocycles. The summed E-state index contributed by atoms with van der Waals surface area (Å²) in [5.74, 6) is -0.907. The molecule has 128 valence electrons. The molecule has 0 amide bonds. The average molecular weight is 366 g/mol. The molecule has 0 radical (unpaired) electrons. The third kappa shape index (κ3) is 3.18. The van der Waals surface area contributed by atoms with E-state index in [1.807, 2.05) is 0 Å². The van der Waals surface area contributed by atoms with Crippen LogP contribution in [0.2, 0.25) is 0 Å². The van der Waals surface area contributed by atoms with Crippen LogP contribution in [0.15, 0.2) is 23.1 Å². The number of nitro benzene ring substituents is 1. The van der Waals surface area contributed by atoms with E-state index in [1.54, 1.807) is 0 Å². The lowest BCUT2D eigenvalue weighted by Crippen LogP contribution is -2.47. The fourth-order valence-electron chi connectivity index (χ4n) is 3.26. The summed E-state index contributed by atoms with van der Waals surface area (Å²) in [7, 11) is -4.22. The average Bonchev–Trinajstić information content (AvgIpc) is 2.93. The summed E-state index contributed by atoms with van der Waals surface area (Å²) >= 11 is 0. The van der Waals surface area contributed by atoms with Gasteiger partial charge in [-0.05, 0) is 31.4 Å². The van der Waals surface area contributed by atoms with Gasteiger partial charge in [0, 0.05) is 25.2 Å². The predicted octanol–water partition coefficient (Wildman–Crippen LogP) is 1.53. The first-order valence-corrected chi connectivity index (χ1v) is 8.51. The molecule has 1 aromatic rings. The Morgan fingerprint density at radius 3 is 2.78 bits per heavy atom. The van der Waals surface area contributed by atoms with Crippen molar-refractivity contribution in [3.8, 4) is 0 Å². The van der Waals surface area contributed by atoms with Gasteiger partial charge in [0.05, 0.1) is 4.92 Å². The maximum absolute atomic E-state index is 14.0. The fourth-order valence-corrected chi connectivity index (χ4v) is 4.97. The van der Waals surface area contributed by atoms with E-state index in [-0.39, 0.29) is 37.5 Å². The van der Waals surface area contributed by atoms with Gasteiger partial charge in [-0.2, -0.15) is 4.31 Å². The topological polar surface area (TPSA) is 92.5 Å². The van der Waals surface area contributed by atoms with E-state index < -0.39 is 31.3 Å². The lowest BCUT2D eigenvalue weighted by atomic mass is 9.95. The number of hydrogen-bond acceptors (Lipinski definition) is 5. The number of fused-ring (bicyclic) bond motifs is 1. The van der Waals surface area contributed by atoms with Crippen molar-refractivity contribution in [2.75, 3.05) is 19.6 Å². The van der Waals surface area contributed by atoms with E-state index in [4.69, 9.17) is 0 Å². The van der Waals surface area contributed by atoms with Crippen molar-refractivity contribution < 1.29 is 17.7 Å². The van der Waals surface area contributed by atoms with Crippen LogP contribution in [0.1, 0.15) is 12.8 Å². The molecule has 0 aromatic heterocycles. The summed E-state index contributed by atoms with van der Waals surface area (Å²) in [6, 6.07) is 3.37. The monoisotopic (exact) mass is 365 g/mol. The minimum Gasteiger partial charge on any atom is -0.314 e. The Balaban J connectivity index is 0.00000192. The number of hydrogen-bond donors (Lipinski definition) is 1. The second-order valence-electron chi connectivity index (χ2n) is 5.61. The SMILES string of the molecule is Cl.O=[N+]([O-])c1cccc(F)c1S(=O)(=O)N1CCC2NCCC2C1. The molecule has 23 heavy (non-hydrogen) atoms. The summed E-state index contributed by atoms with van der Waals surface area (Å²) in [6.07, 6.45) is 1.49. The van der Waals surface area contributed by atoms with Gasteiger partial charge in [0.25, 0.3) is 15.7 Å². The summed E-state index contributed by atoms with van der Waals surface area (Å²) in [5, 5.41) is 14.3. The number of nitro groups is 1. The number of nitrogens with one attached hydrogen (secondary N) is 1. The molecular formula is C13H17ClFN3O4S. The molecule has 0 aliphatic carbocycles. The summed E-state index contributed by atoms with van der Waals surface area (Å²) in [6.45, 7) is 1.34. The molecule has 10 heteroatoms. The van der Waals surface area contributed by atoms with E-state index in [1.165, 1.54) is 4.31 Å². The summed E-state index contributed by atoms with van der Waals surface area (Å²) in [5.41, 5.74) is -0.716. The molecule has 2 heterocycles. The Labute approximate surface area is 139 Å². The highest BCUT2D eigenvalue weighted by Crippen LogP contribution is 2.33.